The molecule has 4 rings (SSSR count). The average molecular weight is 257 g/mol. The van der Waals surface area contributed by atoms with Crippen LogP contribution in [-0.2, 0) is 6.54 Å². The maximum absolute atomic E-state index is 13.2. The fourth-order valence-corrected chi connectivity index (χ4v) is 4.68. The van der Waals surface area contributed by atoms with Gasteiger partial charge in [-0.2, -0.15) is 0 Å². The predicted molar refractivity (Wildman–Crippen MR) is 74.0 cm³/mol. The Bertz CT molecular complexity index is 510. The van der Waals surface area contributed by atoms with Crippen molar-refractivity contribution in [1.82, 2.24) is 5.32 Å². The number of nitrogens with one attached hydrogen (secondary N) is 1. The van der Waals surface area contributed by atoms with Crippen molar-refractivity contribution in [2.45, 2.75) is 31.8 Å². The van der Waals surface area contributed by atoms with Gasteiger partial charge in [-0.05, 0) is 60.6 Å². The summed E-state index contributed by atoms with van der Waals surface area (Å²) in [6.45, 7) is 0.798. The predicted octanol–water partition coefficient (Wildman–Crippen LogP) is 3.52. The topological polar surface area (TPSA) is 12.0 Å². The van der Waals surface area contributed by atoms with E-state index in [2.05, 4.69) is 17.5 Å². The third kappa shape index (κ3) is 1.93. The lowest BCUT2D eigenvalue weighted by atomic mass is 9.79. The summed E-state index contributed by atoms with van der Waals surface area (Å²) in [4.78, 5) is 0. The normalized spacial score (nSPS) is 38.9. The van der Waals surface area contributed by atoms with Crippen molar-refractivity contribution in [1.29, 1.82) is 0 Å². The van der Waals surface area contributed by atoms with E-state index >= 15 is 0 Å². The Kier molecular flexibility index (Phi) is 2.73. The van der Waals surface area contributed by atoms with Crippen molar-refractivity contribution in [3.8, 4) is 0 Å². The molecule has 0 aliphatic heterocycles. The first-order valence-electron chi connectivity index (χ1n) is 7.46. The number of fused-ring (bicyclic) bond motifs is 5. The average Bonchev–Trinajstić information content (AvgIpc) is 3.08. The van der Waals surface area contributed by atoms with E-state index in [-0.39, 0.29) is 5.82 Å². The second-order valence-electron chi connectivity index (χ2n) is 6.42. The van der Waals surface area contributed by atoms with Crippen molar-refractivity contribution in [3.63, 3.8) is 0 Å². The molecule has 0 heterocycles. The highest BCUT2D eigenvalue weighted by Crippen LogP contribution is 2.56. The highest BCUT2D eigenvalue weighted by molar-refractivity contribution is 5.18. The summed E-state index contributed by atoms with van der Waals surface area (Å²) in [6.07, 6.45) is 8.86. The largest absolute Gasteiger partial charge is 0.310 e. The fourth-order valence-electron chi connectivity index (χ4n) is 4.68. The number of allylic oxidation sites excluding steroid dienone is 2. The summed E-state index contributed by atoms with van der Waals surface area (Å²) in [7, 11) is 0. The van der Waals surface area contributed by atoms with E-state index in [0.717, 1.165) is 35.8 Å². The molecule has 0 radical (unpaired) electrons. The summed E-state index contributed by atoms with van der Waals surface area (Å²) in [5, 5.41) is 3.67. The Hall–Kier alpha value is -1.15. The van der Waals surface area contributed by atoms with E-state index in [1.807, 2.05) is 6.07 Å². The zero-order valence-corrected chi connectivity index (χ0v) is 11.1. The molecule has 1 nitrogen and oxygen atoms in total. The van der Waals surface area contributed by atoms with Gasteiger partial charge in [-0.1, -0.05) is 24.3 Å². The molecule has 0 amide bonds. The van der Waals surface area contributed by atoms with Crippen LogP contribution in [0.1, 0.15) is 24.8 Å². The maximum Gasteiger partial charge on any atom is 0.123 e. The number of benzene rings is 1. The van der Waals surface area contributed by atoms with Gasteiger partial charge in [-0.25, -0.2) is 4.39 Å². The molecule has 2 bridgehead atoms. The smallest absolute Gasteiger partial charge is 0.123 e. The van der Waals surface area contributed by atoms with Gasteiger partial charge in [0, 0.05) is 12.6 Å². The highest BCUT2D eigenvalue weighted by atomic mass is 19.1. The monoisotopic (exact) mass is 257 g/mol. The first kappa shape index (κ1) is 11.7. The first-order chi connectivity index (χ1) is 9.31. The lowest BCUT2D eigenvalue weighted by Gasteiger charge is -2.32. The van der Waals surface area contributed by atoms with E-state index in [1.54, 1.807) is 12.1 Å². The van der Waals surface area contributed by atoms with Crippen molar-refractivity contribution in [2.24, 2.45) is 23.7 Å². The quantitative estimate of drug-likeness (QED) is 0.817. The molecular formula is C17H20FN. The van der Waals surface area contributed by atoms with Crippen LogP contribution in [0.5, 0.6) is 0 Å². The van der Waals surface area contributed by atoms with E-state index < -0.39 is 0 Å². The van der Waals surface area contributed by atoms with Gasteiger partial charge in [0.05, 0.1) is 0 Å². The van der Waals surface area contributed by atoms with Gasteiger partial charge in [-0.15, -0.1) is 0 Å². The standard InChI is InChI=1S/C17H20FN/c18-13-4-1-3-11(7-13)10-19-17-9-12-8-16(17)15-6-2-5-14(12)15/h1-4,6-7,12,14-17,19H,5,8-10H2. The van der Waals surface area contributed by atoms with Crippen molar-refractivity contribution >= 4 is 0 Å². The molecule has 0 spiro atoms. The van der Waals surface area contributed by atoms with Crippen molar-refractivity contribution in [3.05, 3.63) is 47.8 Å². The Morgan fingerprint density at radius 3 is 3.05 bits per heavy atom. The van der Waals surface area contributed by atoms with E-state index in [9.17, 15) is 4.39 Å². The molecule has 5 unspecified atom stereocenters. The van der Waals surface area contributed by atoms with Crippen molar-refractivity contribution < 1.29 is 4.39 Å². The molecule has 3 aliphatic rings. The molecule has 2 fully saturated rings. The van der Waals surface area contributed by atoms with E-state index in [1.165, 1.54) is 25.3 Å². The van der Waals surface area contributed by atoms with Crippen LogP contribution in [0.4, 0.5) is 4.39 Å². The van der Waals surface area contributed by atoms with Crippen LogP contribution in [0, 0.1) is 29.5 Å². The molecule has 5 atom stereocenters. The third-order valence-electron chi connectivity index (χ3n) is 5.47. The molecule has 1 N–H and O–H groups in total. The van der Waals surface area contributed by atoms with Gasteiger partial charge < -0.3 is 5.32 Å². The molecule has 0 saturated heterocycles. The number of halogens is 1. The first-order valence-corrected chi connectivity index (χ1v) is 7.46. The lowest BCUT2D eigenvalue weighted by molar-refractivity contribution is 0.230. The number of hydrogen-bond acceptors (Lipinski definition) is 1. The Balaban J connectivity index is 1.41. The van der Waals surface area contributed by atoms with Gasteiger partial charge in [0.1, 0.15) is 5.82 Å². The van der Waals surface area contributed by atoms with Crippen LogP contribution in [-0.4, -0.2) is 6.04 Å². The Labute approximate surface area is 113 Å². The molecule has 2 saturated carbocycles. The van der Waals surface area contributed by atoms with Crippen LogP contribution in [0.3, 0.4) is 0 Å². The van der Waals surface area contributed by atoms with E-state index in [4.69, 9.17) is 0 Å². The van der Waals surface area contributed by atoms with Gasteiger partial charge in [0.2, 0.25) is 0 Å². The molecule has 19 heavy (non-hydrogen) atoms. The SMILES string of the molecule is Fc1cccc(CNC2CC3CC2C2C=CCC32)c1. The van der Waals surface area contributed by atoms with Crippen LogP contribution in [0.2, 0.25) is 0 Å². The fraction of sp³-hybridized carbons (Fsp3) is 0.529. The summed E-state index contributed by atoms with van der Waals surface area (Å²) < 4.78 is 13.2. The van der Waals surface area contributed by atoms with Gasteiger partial charge in [0.15, 0.2) is 0 Å². The van der Waals surface area contributed by atoms with Crippen LogP contribution in [0.15, 0.2) is 36.4 Å². The molecule has 1 aromatic carbocycles. The third-order valence-corrected chi connectivity index (χ3v) is 5.47. The van der Waals surface area contributed by atoms with Crippen LogP contribution in [0.25, 0.3) is 0 Å². The van der Waals surface area contributed by atoms with Gasteiger partial charge in [0.25, 0.3) is 0 Å². The molecular weight excluding hydrogens is 237 g/mol. The lowest BCUT2D eigenvalue weighted by Crippen LogP contribution is -2.38. The Morgan fingerprint density at radius 1 is 1.21 bits per heavy atom. The number of rotatable bonds is 3. The second kappa shape index (κ2) is 4.45. The maximum atomic E-state index is 13.2. The second-order valence-corrected chi connectivity index (χ2v) is 6.42. The van der Waals surface area contributed by atoms with Crippen LogP contribution >= 0.6 is 0 Å². The minimum absolute atomic E-state index is 0.133. The molecule has 0 aromatic heterocycles. The van der Waals surface area contributed by atoms with Crippen molar-refractivity contribution in [2.75, 3.05) is 0 Å². The summed E-state index contributed by atoms with van der Waals surface area (Å²) >= 11 is 0. The highest BCUT2D eigenvalue weighted by Gasteiger charge is 2.51. The zero-order chi connectivity index (χ0) is 12.8. The Morgan fingerprint density at radius 2 is 2.16 bits per heavy atom. The van der Waals surface area contributed by atoms with Gasteiger partial charge >= 0.3 is 0 Å². The minimum Gasteiger partial charge on any atom is -0.310 e. The molecule has 100 valence electrons. The van der Waals surface area contributed by atoms with E-state index in [0.29, 0.717) is 6.04 Å². The molecule has 2 heteroatoms. The molecule has 1 aromatic rings. The number of hydrogen-bond donors (Lipinski definition) is 1. The van der Waals surface area contributed by atoms with Crippen LogP contribution < -0.4 is 5.32 Å². The summed E-state index contributed by atoms with van der Waals surface area (Å²) in [5.74, 6) is 3.38. The molecule has 3 aliphatic carbocycles. The summed E-state index contributed by atoms with van der Waals surface area (Å²) in [5.41, 5.74) is 1.06. The minimum atomic E-state index is -0.133. The van der Waals surface area contributed by atoms with Gasteiger partial charge in [-0.3, -0.25) is 0 Å². The summed E-state index contributed by atoms with van der Waals surface area (Å²) in [6, 6.07) is 7.58. The zero-order valence-electron chi connectivity index (χ0n) is 11.1.